The van der Waals surface area contributed by atoms with E-state index in [1.807, 2.05) is 0 Å². The average Bonchev–Trinajstić information content (AvgIpc) is 2.59. The Morgan fingerprint density at radius 1 is 1.27 bits per heavy atom. The summed E-state index contributed by atoms with van der Waals surface area (Å²) in [7, 11) is 0. The maximum absolute atomic E-state index is 13.1. The summed E-state index contributed by atoms with van der Waals surface area (Å²) in [6.45, 7) is 3.16. The number of benzene rings is 1. The molecule has 0 spiro atoms. The molecule has 1 aromatic heterocycles. The molecule has 0 atom stereocenters. The van der Waals surface area contributed by atoms with Gasteiger partial charge in [0, 0.05) is 11.8 Å². The summed E-state index contributed by atoms with van der Waals surface area (Å²) >= 11 is 0. The minimum atomic E-state index is -4.90. The Balaban J connectivity index is 2.20. The predicted molar refractivity (Wildman–Crippen MR) is 85.3 cm³/mol. The fourth-order valence-electron chi connectivity index (χ4n) is 1.99. The maximum atomic E-state index is 13.1. The van der Waals surface area contributed by atoms with Crippen LogP contribution in [0.15, 0.2) is 30.5 Å². The van der Waals surface area contributed by atoms with Crippen LogP contribution in [0, 0.1) is 6.92 Å². The van der Waals surface area contributed by atoms with Gasteiger partial charge in [-0.05, 0) is 26.0 Å². The number of ether oxygens (including phenoxy) is 1. The van der Waals surface area contributed by atoms with Crippen molar-refractivity contribution in [1.29, 1.82) is 0 Å². The molecule has 1 heterocycles. The minimum absolute atomic E-state index is 0.0946. The van der Waals surface area contributed by atoms with Crippen LogP contribution in [0.4, 0.5) is 19.1 Å². The van der Waals surface area contributed by atoms with Crippen LogP contribution < -0.4 is 10.9 Å². The maximum Gasteiger partial charge on any atom is 0.434 e. The van der Waals surface area contributed by atoms with Gasteiger partial charge in [0.2, 0.25) is 5.95 Å². The van der Waals surface area contributed by atoms with Crippen molar-refractivity contribution in [2.45, 2.75) is 20.0 Å². The minimum Gasteiger partial charge on any atom is -0.462 e. The normalized spacial score (nSPS) is 11.0. The lowest BCUT2D eigenvalue weighted by Gasteiger charge is -2.13. The van der Waals surface area contributed by atoms with Crippen molar-refractivity contribution >= 4 is 17.8 Å². The third-order valence-corrected chi connectivity index (χ3v) is 3.12. The number of esters is 1. The number of hydrogen-bond donors (Lipinski definition) is 2. The molecule has 0 saturated heterocycles. The van der Waals surface area contributed by atoms with Crippen molar-refractivity contribution in [3.63, 3.8) is 0 Å². The van der Waals surface area contributed by atoms with Gasteiger partial charge < -0.3 is 4.74 Å². The molecule has 0 aliphatic heterocycles. The second-order valence-corrected chi connectivity index (χ2v) is 5.12. The Labute approximate surface area is 146 Å². The number of rotatable bonds is 5. The first-order valence-corrected chi connectivity index (χ1v) is 7.46. The fraction of sp³-hybridized carbons (Fsp3) is 0.250. The number of nitrogens with one attached hydrogen (secondary N) is 2. The Morgan fingerprint density at radius 2 is 2.00 bits per heavy atom. The van der Waals surface area contributed by atoms with E-state index in [1.165, 1.54) is 13.0 Å². The molecule has 0 radical (unpaired) electrons. The van der Waals surface area contributed by atoms with Gasteiger partial charge in [-0.15, -0.1) is 0 Å². The Hall–Kier alpha value is -3.17. The molecular formula is C16H15F3N4O3. The highest BCUT2D eigenvalue weighted by atomic mass is 19.4. The van der Waals surface area contributed by atoms with Crippen molar-refractivity contribution in [2.24, 2.45) is 0 Å². The van der Waals surface area contributed by atoms with E-state index in [0.29, 0.717) is 11.8 Å². The standard InChI is InChI=1S/C16H15F3N4O3/c1-3-26-14(25)11-8-20-15(21-12(11)16(17,18)19)23-22-13(24)10-6-4-5-9(2)7-10/h4-8H,3H2,1-2H3,(H,22,24)(H,20,21,23). The van der Waals surface area contributed by atoms with Crippen molar-refractivity contribution in [2.75, 3.05) is 12.0 Å². The third kappa shape index (κ3) is 4.68. The summed E-state index contributed by atoms with van der Waals surface area (Å²) in [5.41, 5.74) is 3.27. The van der Waals surface area contributed by atoms with Crippen molar-refractivity contribution in [3.05, 3.63) is 52.8 Å². The van der Waals surface area contributed by atoms with Crippen molar-refractivity contribution in [3.8, 4) is 0 Å². The van der Waals surface area contributed by atoms with Crippen molar-refractivity contribution in [1.82, 2.24) is 15.4 Å². The van der Waals surface area contributed by atoms with Gasteiger partial charge in [-0.2, -0.15) is 13.2 Å². The van der Waals surface area contributed by atoms with Crippen LogP contribution in [0.2, 0.25) is 0 Å². The molecule has 0 aliphatic rings. The van der Waals surface area contributed by atoms with Gasteiger partial charge in [0.25, 0.3) is 5.91 Å². The zero-order chi connectivity index (χ0) is 19.3. The summed E-state index contributed by atoms with van der Waals surface area (Å²) in [6, 6.07) is 6.59. The highest BCUT2D eigenvalue weighted by Crippen LogP contribution is 2.31. The number of anilines is 1. The van der Waals surface area contributed by atoms with Gasteiger partial charge in [-0.1, -0.05) is 17.7 Å². The zero-order valence-electron chi connectivity index (χ0n) is 13.8. The van der Waals surface area contributed by atoms with E-state index < -0.39 is 35.3 Å². The highest BCUT2D eigenvalue weighted by molar-refractivity contribution is 5.95. The highest BCUT2D eigenvalue weighted by Gasteiger charge is 2.38. The number of alkyl halides is 3. The van der Waals surface area contributed by atoms with Crippen LogP contribution in [-0.2, 0) is 10.9 Å². The number of nitrogens with zero attached hydrogens (tertiary/aromatic N) is 2. The SMILES string of the molecule is CCOC(=O)c1cnc(NNC(=O)c2cccc(C)c2)nc1C(F)(F)F. The molecule has 0 aliphatic carbocycles. The van der Waals surface area contributed by atoms with Crippen LogP contribution in [0.1, 0.15) is 38.9 Å². The Kier molecular flexibility index (Phi) is 5.75. The Morgan fingerprint density at radius 3 is 2.62 bits per heavy atom. The van der Waals surface area contributed by atoms with Gasteiger partial charge in [0.1, 0.15) is 5.56 Å². The van der Waals surface area contributed by atoms with Gasteiger partial charge in [-0.25, -0.2) is 14.8 Å². The topological polar surface area (TPSA) is 93.2 Å². The zero-order valence-corrected chi connectivity index (χ0v) is 13.8. The van der Waals surface area contributed by atoms with Gasteiger partial charge in [0.15, 0.2) is 5.69 Å². The molecule has 2 rings (SSSR count). The molecule has 7 nitrogen and oxygen atoms in total. The molecule has 0 saturated carbocycles. The molecule has 2 aromatic rings. The van der Waals surface area contributed by atoms with Gasteiger partial charge in [0.05, 0.1) is 6.61 Å². The second kappa shape index (κ2) is 7.81. The lowest BCUT2D eigenvalue weighted by atomic mass is 10.1. The molecule has 0 fully saturated rings. The lowest BCUT2D eigenvalue weighted by Crippen LogP contribution is -2.31. The molecule has 26 heavy (non-hydrogen) atoms. The van der Waals surface area contributed by atoms with E-state index >= 15 is 0 Å². The molecule has 0 unspecified atom stereocenters. The largest absolute Gasteiger partial charge is 0.462 e. The summed E-state index contributed by atoms with van der Waals surface area (Å²) in [5, 5.41) is 0. The fourth-order valence-corrected chi connectivity index (χ4v) is 1.99. The monoisotopic (exact) mass is 368 g/mol. The molecule has 0 bridgehead atoms. The van der Waals surface area contributed by atoms with E-state index in [1.54, 1.807) is 25.1 Å². The number of aromatic nitrogens is 2. The van der Waals surface area contributed by atoms with E-state index in [0.717, 1.165) is 5.56 Å². The molecule has 1 amide bonds. The molecule has 2 N–H and O–H groups in total. The van der Waals surface area contributed by atoms with Crippen LogP contribution >= 0.6 is 0 Å². The van der Waals surface area contributed by atoms with Crippen LogP contribution in [0.5, 0.6) is 0 Å². The van der Waals surface area contributed by atoms with Crippen LogP contribution in [-0.4, -0.2) is 28.5 Å². The predicted octanol–water partition coefficient (Wildman–Crippen LogP) is 2.74. The summed E-state index contributed by atoms with van der Waals surface area (Å²) in [4.78, 5) is 30.5. The van der Waals surface area contributed by atoms with Crippen LogP contribution in [0.25, 0.3) is 0 Å². The Bertz CT molecular complexity index is 825. The first-order valence-electron chi connectivity index (χ1n) is 7.46. The summed E-state index contributed by atoms with van der Waals surface area (Å²) in [5.74, 6) is -2.29. The number of carbonyl (C=O) groups is 2. The number of hydrazine groups is 1. The van der Waals surface area contributed by atoms with E-state index in [4.69, 9.17) is 0 Å². The van der Waals surface area contributed by atoms with E-state index in [-0.39, 0.29) is 6.61 Å². The van der Waals surface area contributed by atoms with E-state index in [2.05, 4.69) is 25.6 Å². The number of aryl methyl sites for hydroxylation is 1. The molecular weight excluding hydrogens is 353 g/mol. The number of amides is 1. The number of hydrogen-bond acceptors (Lipinski definition) is 6. The van der Waals surface area contributed by atoms with Crippen LogP contribution in [0.3, 0.4) is 0 Å². The first-order chi connectivity index (χ1) is 12.2. The first kappa shape index (κ1) is 19.2. The van der Waals surface area contributed by atoms with Crippen molar-refractivity contribution < 1.29 is 27.5 Å². The number of halogens is 3. The molecule has 10 heteroatoms. The molecule has 138 valence electrons. The summed E-state index contributed by atoms with van der Waals surface area (Å²) in [6.07, 6.45) is -4.21. The average molecular weight is 368 g/mol. The third-order valence-electron chi connectivity index (χ3n) is 3.12. The van der Waals surface area contributed by atoms with E-state index in [9.17, 15) is 22.8 Å². The lowest BCUT2D eigenvalue weighted by molar-refractivity contribution is -0.141. The quantitative estimate of drug-likeness (QED) is 0.623. The second-order valence-electron chi connectivity index (χ2n) is 5.12. The van der Waals surface area contributed by atoms with Gasteiger partial charge >= 0.3 is 12.1 Å². The summed E-state index contributed by atoms with van der Waals surface area (Å²) < 4.78 is 43.9. The number of carbonyl (C=O) groups excluding carboxylic acids is 2. The molecule has 1 aromatic carbocycles. The van der Waals surface area contributed by atoms with Gasteiger partial charge in [-0.3, -0.25) is 15.6 Å². The smallest absolute Gasteiger partial charge is 0.434 e.